The van der Waals surface area contributed by atoms with Crippen LogP contribution in [0.5, 0.6) is 11.5 Å². The number of carbonyl (C=O) groups is 1. The first-order valence-electron chi connectivity index (χ1n) is 6.08. The van der Waals surface area contributed by atoms with Crippen molar-refractivity contribution in [3.63, 3.8) is 0 Å². The summed E-state index contributed by atoms with van der Waals surface area (Å²) in [6, 6.07) is 4.72. The molecule has 0 radical (unpaired) electrons. The Labute approximate surface area is 117 Å². The molecular formula is C14H18O6. The molecule has 6 heteroatoms. The number of esters is 1. The van der Waals surface area contributed by atoms with E-state index in [9.17, 15) is 9.90 Å². The molecular weight excluding hydrogens is 264 g/mol. The van der Waals surface area contributed by atoms with Gasteiger partial charge in [-0.05, 0) is 23.8 Å². The summed E-state index contributed by atoms with van der Waals surface area (Å²) < 4.78 is 14.8. The molecule has 1 rings (SSSR count). The molecule has 0 aliphatic carbocycles. The number of hydrogen-bond donors (Lipinski definition) is 2. The zero-order valence-electron chi connectivity index (χ0n) is 11.2. The fourth-order valence-corrected chi connectivity index (χ4v) is 1.38. The van der Waals surface area contributed by atoms with Gasteiger partial charge in [-0.1, -0.05) is 6.07 Å². The van der Waals surface area contributed by atoms with E-state index < -0.39 is 5.97 Å². The van der Waals surface area contributed by atoms with Gasteiger partial charge >= 0.3 is 5.97 Å². The van der Waals surface area contributed by atoms with E-state index >= 15 is 0 Å². The van der Waals surface area contributed by atoms with Crippen molar-refractivity contribution >= 4 is 12.0 Å². The topological polar surface area (TPSA) is 85.2 Å². The zero-order chi connectivity index (χ0) is 14.8. The molecule has 20 heavy (non-hydrogen) atoms. The molecule has 0 heterocycles. The Morgan fingerprint density at radius 1 is 1.30 bits per heavy atom. The third-order valence-corrected chi connectivity index (χ3v) is 2.32. The van der Waals surface area contributed by atoms with Crippen LogP contribution >= 0.6 is 0 Å². The average molecular weight is 282 g/mol. The van der Waals surface area contributed by atoms with Gasteiger partial charge in [0.15, 0.2) is 11.5 Å². The average Bonchev–Trinajstić information content (AvgIpc) is 2.46. The van der Waals surface area contributed by atoms with Crippen LogP contribution in [0.1, 0.15) is 5.56 Å². The van der Waals surface area contributed by atoms with Gasteiger partial charge in [0.1, 0.15) is 6.61 Å². The Bertz CT molecular complexity index is 455. The molecule has 0 aromatic heterocycles. The second-order valence-corrected chi connectivity index (χ2v) is 3.77. The minimum absolute atomic E-state index is 0.0354. The van der Waals surface area contributed by atoms with Gasteiger partial charge in [0.05, 0.1) is 26.9 Å². The predicted molar refractivity (Wildman–Crippen MR) is 72.6 cm³/mol. The summed E-state index contributed by atoms with van der Waals surface area (Å²) in [5.74, 6) is -0.129. The molecule has 0 saturated carbocycles. The molecule has 2 N–H and O–H groups in total. The van der Waals surface area contributed by atoms with Crippen molar-refractivity contribution in [1.82, 2.24) is 0 Å². The van der Waals surface area contributed by atoms with Crippen molar-refractivity contribution in [3.8, 4) is 11.5 Å². The largest absolute Gasteiger partial charge is 0.504 e. The number of ether oxygens (including phenoxy) is 3. The van der Waals surface area contributed by atoms with Crippen LogP contribution in [0.2, 0.25) is 0 Å². The highest BCUT2D eigenvalue weighted by atomic mass is 16.6. The zero-order valence-corrected chi connectivity index (χ0v) is 11.2. The number of methoxy groups -OCH3 is 1. The van der Waals surface area contributed by atoms with E-state index in [0.717, 1.165) is 0 Å². The summed E-state index contributed by atoms with van der Waals surface area (Å²) in [6.45, 7) is 0.534. The first-order chi connectivity index (χ1) is 9.67. The monoisotopic (exact) mass is 282 g/mol. The lowest BCUT2D eigenvalue weighted by atomic mass is 10.2. The highest BCUT2D eigenvalue weighted by Gasteiger charge is 2.01. The van der Waals surface area contributed by atoms with Crippen LogP contribution in [0.25, 0.3) is 6.08 Å². The lowest BCUT2D eigenvalue weighted by Crippen LogP contribution is -2.10. The van der Waals surface area contributed by atoms with Gasteiger partial charge in [-0.2, -0.15) is 0 Å². The molecule has 0 atom stereocenters. The Hall–Kier alpha value is -2.05. The normalized spacial score (nSPS) is 10.7. The van der Waals surface area contributed by atoms with Crippen LogP contribution < -0.4 is 4.74 Å². The fraction of sp³-hybridized carbons (Fsp3) is 0.357. The number of rotatable bonds is 8. The van der Waals surface area contributed by atoms with Crippen molar-refractivity contribution in [1.29, 1.82) is 0 Å². The van der Waals surface area contributed by atoms with E-state index in [1.165, 1.54) is 19.3 Å². The minimum atomic E-state index is -0.496. The summed E-state index contributed by atoms with van der Waals surface area (Å²) in [4.78, 5) is 11.4. The highest BCUT2D eigenvalue weighted by Crippen LogP contribution is 2.26. The third kappa shape index (κ3) is 5.73. The molecule has 0 unspecified atom stereocenters. The quantitative estimate of drug-likeness (QED) is 0.420. The van der Waals surface area contributed by atoms with E-state index in [4.69, 9.17) is 19.3 Å². The van der Waals surface area contributed by atoms with Crippen molar-refractivity contribution < 1.29 is 29.2 Å². The van der Waals surface area contributed by atoms with Gasteiger partial charge < -0.3 is 24.4 Å². The summed E-state index contributed by atoms with van der Waals surface area (Å²) in [5.41, 5.74) is 0.702. The molecule has 6 nitrogen and oxygen atoms in total. The van der Waals surface area contributed by atoms with Gasteiger partial charge in [-0.15, -0.1) is 0 Å². The molecule has 0 fully saturated rings. The van der Waals surface area contributed by atoms with Crippen molar-refractivity contribution in [3.05, 3.63) is 29.8 Å². The number of aliphatic hydroxyl groups excluding tert-OH is 1. The van der Waals surface area contributed by atoms with E-state index in [-0.39, 0.29) is 32.2 Å². The number of benzene rings is 1. The van der Waals surface area contributed by atoms with Crippen LogP contribution in [-0.4, -0.2) is 49.7 Å². The Morgan fingerprint density at radius 2 is 2.10 bits per heavy atom. The molecule has 0 saturated heterocycles. The van der Waals surface area contributed by atoms with Crippen LogP contribution in [0.15, 0.2) is 24.3 Å². The number of aromatic hydroxyl groups is 1. The molecule has 0 spiro atoms. The van der Waals surface area contributed by atoms with Gasteiger partial charge in [-0.3, -0.25) is 0 Å². The van der Waals surface area contributed by atoms with Crippen molar-refractivity contribution in [2.24, 2.45) is 0 Å². The number of hydrogen-bond acceptors (Lipinski definition) is 6. The van der Waals surface area contributed by atoms with E-state index in [2.05, 4.69) is 0 Å². The van der Waals surface area contributed by atoms with Gasteiger partial charge in [0, 0.05) is 6.08 Å². The summed E-state index contributed by atoms with van der Waals surface area (Å²) >= 11 is 0. The number of aliphatic hydroxyl groups is 1. The second kappa shape index (κ2) is 8.95. The van der Waals surface area contributed by atoms with E-state index in [0.29, 0.717) is 11.3 Å². The molecule has 0 bridgehead atoms. The molecule has 0 amide bonds. The van der Waals surface area contributed by atoms with Gasteiger partial charge in [-0.25, -0.2) is 4.79 Å². The minimum Gasteiger partial charge on any atom is -0.504 e. The molecule has 110 valence electrons. The lowest BCUT2D eigenvalue weighted by molar-refractivity contribution is -0.139. The second-order valence-electron chi connectivity index (χ2n) is 3.77. The predicted octanol–water partition coefficient (Wildman–Crippen LogP) is 0.966. The summed E-state index contributed by atoms with van der Waals surface area (Å²) in [7, 11) is 1.45. The Morgan fingerprint density at radius 3 is 2.80 bits per heavy atom. The highest BCUT2D eigenvalue weighted by molar-refractivity contribution is 5.87. The van der Waals surface area contributed by atoms with Gasteiger partial charge in [0.25, 0.3) is 0 Å². The molecule has 1 aromatic carbocycles. The van der Waals surface area contributed by atoms with Crippen LogP contribution in [0.4, 0.5) is 0 Å². The standard InChI is InChI=1S/C14H18O6/c1-18-13-10-11(2-4-12(13)16)3-5-14(17)20-9-8-19-7-6-15/h2-5,10,15-16H,6-9H2,1H3/b5-3+. The summed E-state index contributed by atoms with van der Waals surface area (Å²) in [6.07, 6.45) is 2.83. The van der Waals surface area contributed by atoms with E-state index in [1.807, 2.05) is 0 Å². The van der Waals surface area contributed by atoms with Gasteiger partial charge in [0.2, 0.25) is 0 Å². The maximum atomic E-state index is 11.4. The molecule has 0 aliphatic heterocycles. The molecule has 1 aromatic rings. The Balaban J connectivity index is 2.41. The maximum Gasteiger partial charge on any atom is 0.330 e. The SMILES string of the molecule is COc1cc(/C=C/C(=O)OCCOCCO)ccc1O. The maximum absolute atomic E-state index is 11.4. The Kier molecular flexibility index (Phi) is 7.16. The fourth-order valence-electron chi connectivity index (χ4n) is 1.38. The van der Waals surface area contributed by atoms with E-state index in [1.54, 1.807) is 18.2 Å². The first-order valence-corrected chi connectivity index (χ1v) is 6.08. The van der Waals surface area contributed by atoms with Crippen LogP contribution in [-0.2, 0) is 14.3 Å². The van der Waals surface area contributed by atoms with Crippen LogP contribution in [0.3, 0.4) is 0 Å². The number of phenolic OH excluding ortho intramolecular Hbond substituents is 1. The van der Waals surface area contributed by atoms with Crippen molar-refractivity contribution in [2.75, 3.05) is 33.5 Å². The molecule has 0 aliphatic rings. The van der Waals surface area contributed by atoms with Crippen LogP contribution in [0, 0.1) is 0 Å². The smallest absolute Gasteiger partial charge is 0.330 e. The number of carbonyl (C=O) groups excluding carboxylic acids is 1. The lowest BCUT2D eigenvalue weighted by Gasteiger charge is -2.04. The first kappa shape index (κ1) is 16.0. The third-order valence-electron chi connectivity index (χ3n) is 2.32. The van der Waals surface area contributed by atoms with Crippen molar-refractivity contribution in [2.45, 2.75) is 0 Å². The number of phenols is 1. The summed E-state index contributed by atoms with van der Waals surface area (Å²) in [5, 5.41) is 17.9.